The average molecular weight is 431 g/mol. The summed E-state index contributed by atoms with van der Waals surface area (Å²) in [6.45, 7) is 8.72. The van der Waals surface area contributed by atoms with Crippen molar-refractivity contribution in [2.75, 3.05) is 20.4 Å². The van der Waals surface area contributed by atoms with Gasteiger partial charge in [-0.3, -0.25) is 9.59 Å². The van der Waals surface area contributed by atoms with E-state index in [1.54, 1.807) is 18.4 Å². The van der Waals surface area contributed by atoms with Crippen molar-refractivity contribution < 1.29 is 14.3 Å². The number of hydrogen-bond acceptors (Lipinski definition) is 6. The van der Waals surface area contributed by atoms with Gasteiger partial charge in [-0.15, -0.1) is 11.3 Å². The fraction of sp³-hybridized carbons (Fsp3) is 0.500. The molecule has 0 spiro atoms. The molecule has 162 valence electrons. The van der Waals surface area contributed by atoms with Crippen LogP contribution in [0, 0.1) is 12.3 Å². The highest BCUT2D eigenvalue weighted by Gasteiger charge is 2.41. The molecule has 2 aromatic rings. The zero-order valence-corrected chi connectivity index (χ0v) is 19.0. The van der Waals surface area contributed by atoms with Crippen LogP contribution in [0.25, 0.3) is 10.4 Å². The number of nitrogens with zero attached hydrogens (tertiary/aromatic N) is 2. The first-order valence-corrected chi connectivity index (χ1v) is 10.9. The maximum atomic E-state index is 13.0. The van der Waals surface area contributed by atoms with Crippen molar-refractivity contribution in [2.24, 2.45) is 5.41 Å². The van der Waals surface area contributed by atoms with Crippen molar-refractivity contribution in [2.45, 2.75) is 46.3 Å². The molecule has 30 heavy (non-hydrogen) atoms. The lowest BCUT2D eigenvalue weighted by Crippen LogP contribution is -2.56. The van der Waals surface area contributed by atoms with Crippen LogP contribution >= 0.6 is 11.3 Å². The van der Waals surface area contributed by atoms with E-state index in [4.69, 9.17) is 4.74 Å². The molecule has 1 saturated heterocycles. The lowest BCUT2D eigenvalue weighted by molar-refractivity contribution is -0.142. The number of rotatable bonds is 6. The first kappa shape index (κ1) is 22.4. The molecule has 1 fully saturated rings. The second kappa shape index (κ2) is 9.24. The molecule has 3 rings (SSSR count). The summed E-state index contributed by atoms with van der Waals surface area (Å²) in [6, 6.07) is 7.07. The molecule has 1 aromatic heterocycles. The first-order valence-electron chi connectivity index (χ1n) is 10.0. The lowest BCUT2D eigenvalue weighted by Gasteiger charge is -2.33. The molecule has 2 heterocycles. The smallest absolute Gasteiger partial charge is 0.245 e. The second-order valence-electron chi connectivity index (χ2n) is 8.59. The minimum atomic E-state index is -0.616. The summed E-state index contributed by atoms with van der Waals surface area (Å²) >= 11 is 1.61. The third-order valence-corrected chi connectivity index (χ3v) is 6.28. The largest absolute Gasteiger partial charge is 0.358 e. The molecule has 1 aliphatic rings. The highest BCUT2D eigenvalue weighted by atomic mass is 32.1. The van der Waals surface area contributed by atoms with E-state index in [0.29, 0.717) is 6.54 Å². The van der Waals surface area contributed by atoms with Crippen LogP contribution in [-0.4, -0.2) is 54.2 Å². The maximum absolute atomic E-state index is 13.0. The summed E-state index contributed by atoms with van der Waals surface area (Å²) in [6.07, 6.45) is 0. The van der Waals surface area contributed by atoms with Crippen molar-refractivity contribution in [3.8, 4) is 10.4 Å². The van der Waals surface area contributed by atoms with E-state index in [9.17, 15) is 9.59 Å². The van der Waals surface area contributed by atoms with Crippen LogP contribution < -0.4 is 10.6 Å². The third kappa shape index (κ3) is 4.88. The zero-order valence-electron chi connectivity index (χ0n) is 18.2. The van der Waals surface area contributed by atoms with E-state index in [1.807, 2.05) is 57.5 Å². The minimum absolute atomic E-state index is 0.119. The standard InChI is InChI=1S/C22H30N4O3S/c1-14-18(30-12-25-14)16-8-6-15(7-9-16)10-24-20(27)17-11-29-13-26(17)21(28)19(23-5)22(2,3)4/h6-9,12,17,19,23H,10-11,13H2,1-5H3,(H,24,27). The van der Waals surface area contributed by atoms with Crippen LogP contribution in [0.15, 0.2) is 29.8 Å². The average Bonchev–Trinajstić information content (AvgIpc) is 3.35. The fourth-order valence-electron chi connectivity index (χ4n) is 3.63. The topological polar surface area (TPSA) is 83.6 Å². The molecule has 2 amide bonds. The first-order chi connectivity index (χ1) is 14.2. The molecule has 0 radical (unpaired) electrons. The van der Waals surface area contributed by atoms with Gasteiger partial charge in [-0.05, 0) is 30.5 Å². The molecule has 2 unspecified atom stereocenters. The number of thiazole rings is 1. The van der Waals surface area contributed by atoms with Crippen molar-refractivity contribution in [3.63, 3.8) is 0 Å². The van der Waals surface area contributed by atoms with Crippen molar-refractivity contribution in [3.05, 3.63) is 41.0 Å². The van der Waals surface area contributed by atoms with E-state index >= 15 is 0 Å². The molecule has 7 nitrogen and oxygen atoms in total. The number of aryl methyl sites for hydroxylation is 1. The molecule has 1 aliphatic heterocycles. The highest BCUT2D eigenvalue weighted by molar-refractivity contribution is 7.13. The van der Waals surface area contributed by atoms with Crippen LogP contribution in [0.1, 0.15) is 32.0 Å². The number of aromatic nitrogens is 1. The van der Waals surface area contributed by atoms with Crippen LogP contribution in [0.5, 0.6) is 0 Å². The van der Waals surface area contributed by atoms with Crippen LogP contribution in [-0.2, 0) is 20.9 Å². The number of carbonyl (C=O) groups is 2. The number of likely N-dealkylation sites (N-methyl/N-ethyl adjacent to an activating group) is 1. The lowest BCUT2D eigenvalue weighted by atomic mass is 9.86. The summed E-state index contributed by atoms with van der Waals surface area (Å²) in [5, 5.41) is 6.02. The van der Waals surface area contributed by atoms with Crippen molar-refractivity contribution in [1.29, 1.82) is 0 Å². The molecule has 0 aliphatic carbocycles. The summed E-state index contributed by atoms with van der Waals surface area (Å²) in [5.74, 6) is -0.320. The van der Waals surface area contributed by atoms with Gasteiger partial charge in [-0.2, -0.15) is 0 Å². The Morgan fingerprint density at radius 2 is 2.00 bits per heavy atom. The summed E-state index contributed by atoms with van der Waals surface area (Å²) in [7, 11) is 1.76. The predicted octanol–water partition coefficient (Wildman–Crippen LogP) is 2.55. The Hall–Kier alpha value is -2.29. The number of ether oxygens (including phenoxy) is 1. The van der Waals surface area contributed by atoms with E-state index in [-0.39, 0.29) is 30.6 Å². The van der Waals surface area contributed by atoms with Crippen LogP contribution in [0.3, 0.4) is 0 Å². The number of benzene rings is 1. The Kier molecular flexibility index (Phi) is 6.90. The van der Waals surface area contributed by atoms with Crippen LogP contribution in [0.2, 0.25) is 0 Å². The van der Waals surface area contributed by atoms with Gasteiger partial charge in [0.15, 0.2) is 0 Å². The third-order valence-electron chi connectivity index (χ3n) is 5.30. The van der Waals surface area contributed by atoms with Crippen molar-refractivity contribution >= 4 is 23.2 Å². The summed E-state index contributed by atoms with van der Waals surface area (Å²) in [4.78, 5) is 32.7. The van der Waals surface area contributed by atoms with Gasteiger partial charge in [0.1, 0.15) is 12.8 Å². The van der Waals surface area contributed by atoms with E-state index in [0.717, 1.165) is 21.7 Å². The Morgan fingerprint density at radius 3 is 2.57 bits per heavy atom. The molecule has 2 N–H and O–H groups in total. The molecular weight excluding hydrogens is 400 g/mol. The van der Waals surface area contributed by atoms with Crippen LogP contribution in [0.4, 0.5) is 0 Å². The Balaban J connectivity index is 1.61. The number of amides is 2. The van der Waals surface area contributed by atoms with Gasteiger partial charge in [-0.25, -0.2) is 4.98 Å². The molecular formula is C22H30N4O3S. The zero-order chi connectivity index (χ0) is 21.9. The van der Waals surface area contributed by atoms with Gasteiger partial charge < -0.3 is 20.3 Å². The maximum Gasteiger partial charge on any atom is 0.245 e. The van der Waals surface area contributed by atoms with Gasteiger partial charge in [-0.1, -0.05) is 45.0 Å². The molecule has 1 aromatic carbocycles. The monoisotopic (exact) mass is 430 g/mol. The van der Waals surface area contributed by atoms with Crippen molar-refractivity contribution in [1.82, 2.24) is 20.5 Å². The Morgan fingerprint density at radius 1 is 1.30 bits per heavy atom. The highest BCUT2D eigenvalue weighted by Crippen LogP contribution is 2.27. The quantitative estimate of drug-likeness (QED) is 0.736. The molecule has 2 atom stereocenters. The number of hydrogen-bond donors (Lipinski definition) is 2. The van der Waals surface area contributed by atoms with E-state index in [1.165, 1.54) is 4.90 Å². The minimum Gasteiger partial charge on any atom is -0.358 e. The van der Waals surface area contributed by atoms with Gasteiger partial charge in [0.25, 0.3) is 0 Å². The second-order valence-corrected chi connectivity index (χ2v) is 9.45. The summed E-state index contributed by atoms with van der Waals surface area (Å²) < 4.78 is 5.45. The SMILES string of the molecule is CNC(C(=O)N1COCC1C(=O)NCc1ccc(-c2scnc2C)cc1)C(C)(C)C. The number of carbonyl (C=O) groups excluding carboxylic acids is 2. The van der Waals surface area contributed by atoms with Gasteiger partial charge in [0.05, 0.1) is 28.7 Å². The van der Waals surface area contributed by atoms with Gasteiger partial charge in [0.2, 0.25) is 11.8 Å². The van der Waals surface area contributed by atoms with Gasteiger partial charge >= 0.3 is 0 Å². The Bertz CT molecular complexity index is 889. The molecule has 8 heteroatoms. The fourth-order valence-corrected chi connectivity index (χ4v) is 4.44. The molecule has 0 bridgehead atoms. The number of nitrogens with one attached hydrogen (secondary N) is 2. The normalized spacial score (nSPS) is 17.8. The predicted molar refractivity (Wildman–Crippen MR) is 118 cm³/mol. The molecule has 0 saturated carbocycles. The van der Waals surface area contributed by atoms with E-state index in [2.05, 4.69) is 15.6 Å². The summed E-state index contributed by atoms with van der Waals surface area (Å²) in [5.41, 5.74) is 4.70. The van der Waals surface area contributed by atoms with E-state index < -0.39 is 12.1 Å². The Labute approximate surface area is 181 Å². The van der Waals surface area contributed by atoms with Gasteiger partial charge in [0, 0.05) is 6.54 Å².